The summed E-state index contributed by atoms with van der Waals surface area (Å²) in [5, 5.41) is 0. The number of hydrogen-bond acceptors (Lipinski definition) is 0. The van der Waals surface area contributed by atoms with E-state index in [0.29, 0.717) is 0 Å². The van der Waals surface area contributed by atoms with Crippen molar-refractivity contribution in [3.8, 4) is 11.1 Å². The van der Waals surface area contributed by atoms with Crippen LogP contribution in [0.5, 0.6) is 0 Å². The summed E-state index contributed by atoms with van der Waals surface area (Å²) >= 11 is -6.52. The molecule has 4 aromatic carbocycles. The van der Waals surface area contributed by atoms with E-state index < -0.39 is 149 Å². The molecule has 0 N–H and O–H groups in total. The molecule has 0 unspecified atom stereocenters. The normalized spacial score (nSPS) is 11.5. The first-order valence-electron chi connectivity index (χ1n) is 10.7. The van der Waals surface area contributed by atoms with Crippen molar-refractivity contribution in [2.24, 2.45) is 0 Å². The Labute approximate surface area is 232 Å². The van der Waals surface area contributed by atoms with Crippen LogP contribution in [0.3, 0.4) is 0 Å². The molecule has 0 nitrogen and oxygen atoms in total. The van der Waals surface area contributed by atoms with Gasteiger partial charge in [-0.25, -0.2) is 83.4 Å². The molecule has 0 fully saturated rings. The monoisotopic (exact) mass is 676 g/mol. The molecule has 0 aliphatic carbocycles. The van der Waals surface area contributed by atoms with Crippen LogP contribution in [0.2, 0.25) is 0 Å². The third-order valence-electron chi connectivity index (χ3n) is 6.12. The van der Waals surface area contributed by atoms with Crippen molar-refractivity contribution in [1.82, 2.24) is 0 Å². The van der Waals surface area contributed by atoms with Crippen LogP contribution in [0, 0.1) is 111 Å². The van der Waals surface area contributed by atoms with E-state index in [4.69, 9.17) is 0 Å². The van der Waals surface area contributed by atoms with Crippen LogP contribution < -0.4 is 13.3 Å². The van der Waals surface area contributed by atoms with Crippen LogP contribution in [0.4, 0.5) is 83.4 Å². The van der Waals surface area contributed by atoms with Crippen molar-refractivity contribution in [3.05, 3.63) is 111 Å². The molecule has 0 amide bonds. The first-order valence-corrected chi connectivity index (χ1v) is 12.4. The van der Waals surface area contributed by atoms with Gasteiger partial charge in [-0.1, -0.05) is 4.43 Å². The van der Waals surface area contributed by atoms with E-state index in [2.05, 4.69) is 0 Å². The van der Waals surface area contributed by atoms with E-state index in [1.165, 1.54) is 0 Å². The van der Waals surface area contributed by atoms with Gasteiger partial charge in [-0.15, -0.1) is 0 Å². The van der Waals surface area contributed by atoms with E-state index in [1.807, 2.05) is 0 Å². The van der Waals surface area contributed by atoms with E-state index in [9.17, 15) is 74.6 Å². The second-order valence-electron chi connectivity index (χ2n) is 8.39. The minimum atomic E-state index is -6.52. The fourth-order valence-corrected chi connectivity index (χ4v) is 7.50. The third-order valence-corrected chi connectivity index (χ3v) is 9.40. The highest BCUT2D eigenvalue weighted by Gasteiger charge is 2.48. The van der Waals surface area contributed by atoms with Crippen molar-refractivity contribution in [2.45, 2.75) is 0 Å². The molecule has 0 heterocycles. The van der Waals surface area contributed by atoms with Gasteiger partial charge in [0.2, 0.25) is 5.82 Å². The zero-order chi connectivity index (χ0) is 33.4. The van der Waals surface area contributed by atoms with Crippen molar-refractivity contribution >= 4 is 27.4 Å². The molecule has 0 aliphatic rings. The third kappa shape index (κ3) is 4.48. The molecule has 232 valence electrons. The zero-order valence-electron chi connectivity index (χ0n) is 19.8. The van der Waals surface area contributed by atoms with E-state index in [1.54, 1.807) is 0 Å². The van der Waals surface area contributed by atoms with Crippen molar-refractivity contribution in [3.63, 3.8) is 0 Å². The van der Waals surface area contributed by atoms with Gasteiger partial charge in [0.1, 0.15) is 0 Å². The summed E-state index contributed by atoms with van der Waals surface area (Å²) in [6.07, 6.45) is 0. The maximum atomic E-state index is 15.4. The number of rotatable bonds is 4. The van der Waals surface area contributed by atoms with Gasteiger partial charge in [0.05, 0.1) is 5.56 Å². The molecule has 0 saturated carbocycles. The fraction of sp³-hybridized carbons (Fsp3) is 0. The summed E-state index contributed by atoms with van der Waals surface area (Å²) in [5.74, 6) is -60.7. The highest BCUT2D eigenvalue weighted by atomic mass is 27.2. The lowest BCUT2D eigenvalue weighted by atomic mass is 10.0. The lowest BCUT2D eigenvalue weighted by Crippen LogP contribution is -2.60. The van der Waals surface area contributed by atoms with Gasteiger partial charge >= 0.3 is 14.1 Å². The molecule has 44 heavy (non-hydrogen) atoms. The number of hydrogen-bond donors (Lipinski definition) is 0. The van der Waals surface area contributed by atoms with Crippen LogP contribution in [0.15, 0.2) is 0 Å². The highest BCUT2D eigenvalue weighted by molar-refractivity contribution is 6.96. The van der Waals surface area contributed by atoms with Crippen LogP contribution >= 0.6 is 0 Å². The fourth-order valence-electron chi connectivity index (χ4n) is 4.17. The van der Waals surface area contributed by atoms with Gasteiger partial charge in [-0.2, -0.15) is 0 Å². The van der Waals surface area contributed by atoms with Crippen molar-refractivity contribution < 1.29 is 83.4 Å². The van der Waals surface area contributed by atoms with Crippen LogP contribution in [0.1, 0.15) is 0 Å². The van der Waals surface area contributed by atoms with Gasteiger partial charge < -0.3 is 0 Å². The summed E-state index contributed by atoms with van der Waals surface area (Å²) in [5.41, 5.74) is -5.75. The molecule has 20 heteroatoms. The predicted octanol–water partition coefficient (Wildman–Crippen LogP) is 6.51. The molecule has 0 radical (unpaired) electrons. The summed E-state index contributed by atoms with van der Waals surface area (Å²) in [4.78, 5) is 0. The summed E-state index contributed by atoms with van der Waals surface area (Å²) in [6, 6.07) is 0. The second kappa shape index (κ2) is 11.2. The molecular weight excluding hydrogens is 676 g/mol. The van der Waals surface area contributed by atoms with Crippen LogP contribution in [-0.2, 0) is 0 Å². The SMILES string of the molecule is Fc1c(F)c(F)c(-c2c(F)c(F)c(F)c(F)[c]2[Al]([c]2c(F)c(F)c(F)c(F)c2F)[c]2c(F)c(F)c(F)c(F)c2F)c(F)c1F. The van der Waals surface area contributed by atoms with E-state index in [-0.39, 0.29) is 0 Å². The Kier molecular flexibility index (Phi) is 8.41. The molecule has 0 saturated heterocycles. The highest BCUT2D eigenvalue weighted by Crippen LogP contribution is 2.35. The van der Waals surface area contributed by atoms with E-state index >= 15 is 8.78 Å². The van der Waals surface area contributed by atoms with Gasteiger partial charge in [0, 0.05) is 5.56 Å². The Hall–Kier alpha value is -3.92. The summed E-state index contributed by atoms with van der Waals surface area (Å²) in [6.45, 7) is 0. The summed E-state index contributed by atoms with van der Waals surface area (Å²) in [7, 11) is 0. The lowest BCUT2D eigenvalue weighted by Gasteiger charge is -2.23. The number of halogens is 19. The van der Waals surface area contributed by atoms with Crippen LogP contribution in [-0.4, -0.2) is 14.1 Å². The van der Waals surface area contributed by atoms with Crippen LogP contribution in [0.25, 0.3) is 11.1 Å². The maximum absolute atomic E-state index is 15.4. The average molecular weight is 676 g/mol. The van der Waals surface area contributed by atoms with Crippen molar-refractivity contribution in [2.75, 3.05) is 0 Å². The van der Waals surface area contributed by atoms with Gasteiger partial charge in [-0.3, -0.25) is 0 Å². The predicted molar refractivity (Wildman–Crippen MR) is 109 cm³/mol. The quantitative estimate of drug-likeness (QED) is 0.100. The van der Waals surface area contributed by atoms with E-state index in [0.717, 1.165) is 0 Å². The Bertz CT molecular complexity index is 1760. The molecule has 0 aliphatic heterocycles. The zero-order valence-corrected chi connectivity index (χ0v) is 20.9. The first-order chi connectivity index (χ1) is 20.3. The molecule has 4 rings (SSSR count). The maximum Gasteiger partial charge on any atom is 0.409 e. The molecule has 0 spiro atoms. The van der Waals surface area contributed by atoms with Gasteiger partial charge in [0.25, 0.3) is 0 Å². The molecular formula is C24AlF19. The number of benzene rings is 4. The Morgan fingerprint density at radius 1 is 0.182 bits per heavy atom. The minimum Gasteiger partial charge on any atom is -0.205 e. The molecule has 4 aromatic rings. The largest absolute Gasteiger partial charge is 0.409 e. The first kappa shape index (κ1) is 33.0. The van der Waals surface area contributed by atoms with Gasteiger partial charge in [0.15, 0.2) is 105 Å². The topological polar surface area (TPSA) is 0 Å². The van der Waals surface area contributed by atoms with Gasteiger partial charge in [-0.05, 0) is 8.85 Å². The molecule has 0 aromatic heterocycles. The Morgan fingerprint density at radius 3 is 0.636 bits per heavy atom. The smallest absolute Gasteiger partial charge is 0.205 e. The lowest BCUT2D eigenvalue weighted by molar-refractivity contribution is 0.379. The Morgan fingerprint density at radius 2 is 0.364 bits per heavy atom. The Balaban J connectivity index is 2.44. The minimum absolute atomic E-state index is 2.82. The standard InChI is InChI=1S/C12F9.2C6F5.Al/c13-3-1-2(5(14)9(18)6(3)15)4-7(16)10(19)12(21)11(20)8(4)17;2*7-2-1-3(8)5(10)6(11)4(2)9;. The molecule has 0 atom stereocenters. The summed E-state index contributed by atoms with van der Waals surface area (Å²) < 4.78 is 266. The molecule has 0 bridgehead atoms. The second-order valence-corrected chi connectivity index (χ2v) is 11.0. The average Bonchev–Trinajstić information content (AvgIpc) is 2.99. The van der Waals surface area contributed by atoms with Crippen molar-refractivity contribution in [1.29, 1.82) is 0 Å².